The topological polar surface area (TPSA) is 45.7 Å². The van der Waals surface area contributed by atoms with Crippen molar-refractivity contribution in [2.24, 2.45) is 0 Å². The van der Waals surface area contributed by atoms with Crippen molar-refractivity contribution in [3.8, 4) is 0 Å². The number of benzene rings is 2. The highest BCUT2D eigenvalue weighted by molar-refractivity contribution is 5.95. The quantitative estimate of drug-likeness (QED) is 0.822. The first-order valence-corrected chi connectivity index (χ1v) is 10.2. The van der Waals surface area contributed by atoms with Crippen LogP contribution in [0.4, 0.5) is 5.69 Å². The number of nitrogens with one attached hydrogen (secondary N) is 1. The van der Waals surface area contributed by atoms with Gasteiger partial charge in [-0.15, -0.1) is 0 Å². The molecule has 0 saturated heterocycles. The fraction of sp³-hybridized carbons (Fsp3) is 0.458. The van der Waals surface area contributed by atoms with E-state index in [-0.39, 0.29) is 18.0 Å². The van der Waals surface area contributed by atoms with Crippen molar-refractivity contribution >= 4 is 11.6 Å². The Labute approximate surface area is 163 Å². The van der Waals surface area contributed by atoms with Crippen molar-refractivity contribution in [1.82, 2.24) is 0 Å². The fourth-order valence-electron chi connectivity index (χ4n) is 4.28. The van der Waals surface area contributed by atoms with E-state index < -0.39 is 0 Å². The Bertz CT molecular complexity index is 817. The van der Waals surface area contributed by atoms with Crippen LogP contribution < -0.4 is 10.6 Å². The minimum absolute atomic E-state index is 0.0647. The van der Waals surface area contributed by atoms with Crippen LogP contribution in [0.3, 0.4) is 0 Å². The molecule has 3 N–H and O–H groups in total. The maximum absolute atomic E-state index is 12.8. The molecule has 2 aromatic carbocycles. The lowest BCUT2D eigenvalue weighted by Crippen LogP contribution is -2.91. The van der Waals surface area contributed by atoms with Crippen molar-refractivity contribution in [3.63, 3.8) is 0 Å². The van der Waals surface area contributed by atoms with Crippen molar-refractivity contribution in [2.45, 2.75) is 72.4 Å². The molecule has 3 nitrogen and oxygen atoms in total. The minimum atomic E-state index is -0.142. The van der Waals surface area contributed by atoms with Crippen molar-refractivity contribution in [1.29, 1.82) is 0 Å². The fourth-order valence-corrected chi connectivity index (χ4v) is 4.28. The van der Waals surface area contributed by atoms with Gasteiger partial charge in [0.25, 0.3) is 5.91 Å². The van der Waals surface area contributed by atoms with Crippen LogP contribution in [0.15, 0.2) is 30.3 Å². The first-order valence-electron chi connectivity index (χ1n) is 10.2. The van der Waals surface area contributed by atoms with Crippen molar-refractivity contribution in [3.05, 3.63) is 63.7 Å². The molecule has 144 valence electrons. The van der Waals surface area contributed by atoms with Crippen molar-refractivity contribution in [2.75, 3.05) is 5.32 Å². The monoisotopic (exact) mass is 365 g/mol. The summed E-state index contributed by atoms with van der Waals surface area (Å²) in [5.74, 6) is 0.0647. The molecule has 2 atom stereocenters. The van der Waals surface area contributed by atoms with Crippen LogP contribution in [0.2, 0.25) is 0 Å². The van der Waals surface area contributed by atoms with E-state index in [1.807, 2.05) is 6.92 Å². The van der Waals surface area contributed by atoms with Gasteiger partial charge in [-0.25, -0.2) is 0 Å². The summed E-state index contributed by atoms with van der Waals surface area (Å²) in [4.78, 5) is 12.8. The SMILES string of the molecule is Cc1cc(C)c(NC(=O)[C@@H](C)[NH2+][C@@H](C)c2ccc3c(c2)CCCC3)c(C)c1. The maximum atomic E-state index is 12.8. The zero-order valence-electron chi connectivity index (χ0n) is 17.4. The summed E-state index contributed by atoms with van der Waals surface area (Å²) < 4.78 is 0. The molecular weight excluding hydrogens is 332 g/mol. The van der Waals surface area contributed by atoms with E-state index in [4.69, 9.17) is 0 Å². The predicted molar refractivity (Wildman–Crippen MR) is 112 cm³/mol. The number of carbonyl (C=O) groups is 1. The first-order chi connectivity index (χ1) is 12.8. The highest BCUT2D eigenvalue weighted by Crippen LogP contribution is 2.24. The van der Waals surface area contributed by atoms with Crippen LogP contribution in [-0.4, -0.2) is 11.9 Å². The van der Waals surface area contributed by atoms with Crippen LogP contribution >= 0.6 is 0 Å². The molecule has 0 spiro atoms. The molecule has 1 aliphatic carbocycles. The van der Waals surface area contributed by atoms with Gasteiger partial charge in [0.15, 0.2) is 6.04 Å². The second-order valence-electron chi connectivity index (χ2n) is 8.27. The van der Waals surface area contributed by atoms with Gasteiger partial charge in [-0.05, 0) is 88.6 Å². The second kappa shape index (κ2) is 8.26. The number of amides is 1. The molecule has 1 amide bonds. The number of nitrogens with two attached hydrogens (primary N) is 1. The number of hydrogen-bond donors (Lipinski definition) is 2. The summed E-state index contributed by atoms with van der Waals surface area (Å²) in [6.07, 6.45) is 5.01. The van der Waals surface area contributed by atoms with Crippen LogP contribution in [-0.2, 0) is 17.6 Å². The van der Waals surface area contributed by atoms with E-state index in [0.717, 1.165) is 16.8 Å². The predicted octanol–water partition coefficient (Wildman–Crippen LogP) is 4.14. The van der Waals surface area contributed by atoms with Gasteiger partial charge in [-0.3, -0.25) is 4.79 Å². The summed E-state index contributed by atoms with van der Waals surface area (Å²) in [5, 5.41) is 5.31. The average Bonchev–Trinajstić information content (AvgIpc) is 2.63. The molecule has 0 heterocycles. The lowest BCUT2D eigenvalue weighted by Gasteiger charge is -2.21. The molecule has 0 bridgehead atoms. The standard InChI is InChI=1S/C24H32N2O/c1-15-12-16(2)23(17(3)13-15)26-24(27)19(5)25-18(4)21-11-10-20-8-6-7-9-22(20)14-21/h10-14,18-19,25H,6-9H2,1-5H3,(H,26,27)/p+1/t18-,19+/m0/s1. The molecule has 0 fully saturated rings. The Morgan fingerprint density at radius 3 is 2.26 bits per heavy atom. The van der Waals surface area contributed by atoms with Gasteiger partial charge in [-0.1, -0.05) is 29.8 Å². The maximum Gasteiger partial charge on any atom is 0.282 e. The van der Waals surface area contributed by atoms with E-state index in [0.29, 0.717) is 0 Å². The largest absolute Gasteiger partial charge is 0.330 e. The number of anilines is 1. The van der Waals surface area contributed by atoms with Gasteiger partial charge < -0.3 is 10.6 Å². The molecule has 0 saturated carbocycles. The van der Waals surface area contributed by atoms with E-state index in [1.165, 1.54) is 47.9 Å². The molecular formula is C24H33N2O+. The Hall–Kier alpha value is -2.13. The van der Waals surface area contributed by atoms with E-state index in [1.54, 1.807) is 0 Å². The summed E-state index contributed by atoms with van der Waals surface area (Å²) in [5.41, 5.74) is 8.75. The third-order valence-corrected chi connectivity index (χ3v) is 5.81. The smallest absolute Gasteiger partial charge is 0.282 e. The van der Waals surface area contributed by atoms with Gasteiger partial charge in [0.05, 0.1) is 0 Å². The van der Waals surface area contributed by atoms with Crippen LogP contribution in [0.1, 0.15) is 66.1 Å². The number of carbonyl (C=O) groups excluding carboxylic acids is 1. The molecule has 3 heteroatoms. The number of quaternary nitrogens is 1. The number of hydrogen-bond acceptors (Lipinski definition) is 1. The van der Waals surface area contributed by atoms with E-state index in [9.17, 15) is 4.79 Å². The Morgan fingerprint density at radius 1 is 0.963 bits per heavy atom. The zero-order chi connectivity index (χ0) is 19.6. The molecule has 0 radical (unpaired) electrons. The molecule has 0 unspecified atom stereocenters. The number of rotatable bonds is 5. The lowest BCUT2D eigenvalue weighted by molar-refractivity contribution is -0.709. The van der Waals surface area contributed by atoms with E-state index in [2.05, 4.69) is 68.7 Å². The highest BCUT2D eigenvalue weighted by atomic mass is 16.2. The molecule has 1 aliphatic rings. The second-order valence-corrected chi connectivity index (χ2v) is 8.27. The minimum Gasteiger partial charge on any atom is -0.330 e. The molecule has 3 rings (SSSR count). The van der Waals surface area contributed by atoms with E-state index >= 15 is 0 Å². The lowest BCUT2D eigenvalue weighted by atomic mass is 9.89. The normalized spacial score (nSPS) is 15.7. The third-order valence-electron chi connectivity index (χ3n) is 5.81. The average molecular weight is 366 g/mol. The van der Waals surface area contributed by atoms with Gasteiger partial charge in [-0.2, -0.15) is 0 Å². The molecule has 27 heavy (non-hydrogen) atoms. The summed E-state index contributed by atoms with van der Waals surface area (Å²) >= 11 is 0. The van der Waals surface area contributed by atoms with Gasteiger partial charge >= 0.3 is 0 Å². The van der Waals surface area contributed by atoms with Crippen LogP contribution in [0.5, 0.6) is 0 Å². The highest BCUT2D eigenvalue weighted by Gasteiger charge is 2.22. The molecule has 0 aliphatic heterocycles. The summed E-state index contributed by atoms with van der Waals surface area (Å²) in [7, 11) is 0. The van der Waals surface area contributed by atoms with Gasteiger partial charge in [0.2, 0.25) is 0 Å². The Morgan fingerprint density at radius 2 is 1.59 bits per heavy atom. The summed E-state index contributed by atoms with van der Waals surface area (Å²) in [6.45, 7) is 10.4. The zero-order valence-corrected chi connectivity index (χ0v) is 17.4. The first kappa shape index (κ1) is 19.6. The number of fused-ring (bicyclic) bond motifs is 1. The molecule has 2 aromatic rings. The van der Waals surface area contributed by atoms with Crippen LogP contribution in [0.25, 0.3) is 0 Å². The Balaban J connectivity index is 1.66. The number of aryl methyl sites for hydroxylation is 5. The summed E-state index contributed by atoms with van der Waals surface area (Å²) in [6, 6.07) is 11.2. The third kappa shape index (κ3) is 4.59. The van der Waals surface area contributed by atoms with Gasteiger partial charge in [0.1, 0.15) is 6.04 Å². The van der Waals surface area contributed by atoms with Crippen LogP contribution in [0, 0.1) is 20.8 Å². The molecule has 0 aromatic heterocycles. The van der Waals surface area contributed by atoms with Crippen molar-refractivity contribution < 1.29 is 10.1 Å². The van der Waals surface area contributed by atoms with Gasteiger partial charge in [0, 0.05) is 11.3 Å². The Kier molecular flexibility index (Phi) is 6.01.